The van der Waals surface area contributed by atoms with Crippen LogP contribution in [-0.4, -0.2) is 43.8 Å². The summed E-state index contributed by atoms with van der Waals surface area (Å²) in [6.45, 7) is 1.15. The highest BCUT2D eigenvalue weighted by Crippen LogP contribution is 2.31. The molecule has 1 saturated carbocycles. The van der Waals surface area contributed by atoms with Gasteiger partial charge in [0.15, 0.2) is 0 Å². The molecule has 1 aliphatic carbocycles. The highest BCUT2D eigenvalue weighted by Gasteiger charge is 2.35. The molecule has 12 heteroatoms. The second-order valence-corrected chi connectivity index (χ2v) is 14.1. The first kappa shape index (κ1) is 33.4. The van der Waals surface area contributed by atoms with Crippen LogP contribution in [0, 0.1) is 0 Å². The number of nitrogens with zero attached hydrogens (tertiary/aromatic N) is 2. The molecule has 0 spiro atoms. The molecule has 2 amide bonds. The lowest BCUT2D eigenvalue weighted by Crippen LogP contribution is -2.54. The van der Waals surface area contributed by atoms with Gasteiger partial charge in [0.1, 0.15) is 12.6 Å². The van der Waals surface area contributed by atoms with Gasteiger partial charge in [0.2, 0.25) is 11.8 Å². The quantitative estimate of drug-likeness (QED) is 0.224. The molecule has 1 fully saturated rings. The van der Waals surface area contributed by atoms with Gasteiger partial charge in [-0.1, -0.05) is 96.9 Å². The van der Waals surface area contributed by atoms with E-state index in [1.165, 1.54) is 35.2 Å². The summed E-state index contributed by atoms with van der Waals surface area (Å²) in [4.78, 5) is 29.3. The number of amides is 2. The molecule has 1 atom stereocenters. The molecule has 1 N–H and O–H groups in total. The van der Waals surface area contributed by atoms with Crippen molar-refractivity contribution in [2.24, 2.45) is 0 Å². The molecule has 0 aliphatic heterocycles. The Bertz CT molecular complexity index is 1530. The number of benzene rings is 3. The molecular formula is C31H33Cl4N3O4S. The van der Waals surface area contributed by atoms with Gasteiger partial charge < -0.3 is 10.2 Å². The van der Waals surface area contributed by atoms with E-state index in [1.807, 2.05) is 6.92 Å². The number of hydrogen-bond donors (Lipinski definition) is 1. The molecule has 0 saturated heterocycles. The predicted molar refractivity (Wildman–Crippen MR) is 174 cm³/mol. The highest BCUT2D eigenvalue weighted by molar-refractivity contribution is 7.92. The Morgan fingerprint density at radius 3 is 2.14 bits per heavy atom. The van der Waals surface area contributed by atoms with E-state index >= 15 is 0 Å². The van der Waals surface area contributed by atoms with Gasteiger partial charge in [-0.2, -0.15) is 0 Å². The summed E-state index contributed by atoms with van der Waals surface area (Å²) in [5.74, 6) is -0.900. The van der Waals surface area contributed by atoms with Crippen LogP contribution in [0.1, 0.15) is 51.0 Å². The maximum absolute atomic E-state index is 14.3. The maximum Gasteiger partial charge on any atom is 0.264 e. The Morgan fingerprint density at radius 2 is 1.53 bits per heavy atom. The molecule has 4 rings (SSSR count). The summed E-state index contributed by atoms with van der Waals surface area (Å²) in [5, 5.41) is 4.26. The summed E-state index contributed by atoms with van der Waals surface area (Å²) in [6, 6.07) is 16.1. The Hall–Kier alpha value is -2.49. The van der Waals surface area contributed by atoms with Crippen LogP contribution < -0.4 is 9.62 Å². The van der Waals surface area contributed by atoms with Gasteiger partial charge in [0.25, 0.3) is 10.0 Å². The van der Waals surface area contributed by atoms with Crippen molar-refractivity contribution in [3.8, 4) is 0 Å². The van der Waals surface area contributed by atoms with Crippen LogP contribution in [-0.2, 0) is 26.2 Å². The largest absolute Gasteiger partial charge is 0.352 e. The van der Waals surface area contributed by atoms with Crippen molar-refractivity contribution in [1.82, 2.24) is 10.2 Å². The van der Waals surface area contributed by atoms with E-state index in [0.717, 1.165) is 36.4 Å². The SMILES string of the molecule is CC[C@H](C(=O)NC1CCCCC1)N(Cc1ccc(Cl)cc1Cl)C(=O)CN(c1cc(Cl)cc(Cl)c1)S(=O)(=O)c1ccccc1. The van der Waals surface area contributed by atoms with Crippen LogP contribution in [0.15, 0.2) is 71.6 Å². The van der Waals surface area contributed by atoms with Crippen molar-refractivity contribution in [3.63, 3.8) is 0 Å². The van der Waals surface area contributed by atoms with Crippen molar-refractivity contribution in [2.45, 2.75) is 69.0 Å². The molecule has 0 aromatic heterocycles. The Labute approximate surface area is 273 Å². The fraction of sp³-hybridized carbons (Fsp3) is 0.355. The number of carbonyl (C=O) groups is 2. The van der Waals surface area contributed by atoms with Crippen molar-refractivity contribution in [2.75, 3.05) is 10.8 Å². The lowest BCUT2D eigenvalue weighted by Gasteiger charge is -2.34. The number of anilines is 1. The zero-order valence-electron chi connectivity index (χ0n) is 23.6. The normalized spacial score (nSPS) is 14.6. The minimum absolute atomic E-state index is 0.0201. The standard InChI is InChI=1S/C31H33Cl4N3O4S/c1-2-29(31(40)36-25-9-5-3-6-10-25)37(19-21-13-14-22(32)18-28(21)35)30(39)20-38(26-16-23(33)15-24(34)17-26)43(41,42)27-11-7-4-8-12-27/h4,7-8,11-18,25,29H,2-3,5-6,9-10,19-20H2,1H3,(H,36,40)/t29-/m1/s1. The van der Waals surface area contributed by atoms with Crippen LogP contribution in [0.5, 0.6) is 0 Å². The minimum Gasteiger partial charge on any atom is -0.352 e. The number of halogens is 4. The Kier molecular flexibility index (Phi) is 11.6. The second-order valence-electron chi connectivity index (χ2n) is 10.5. The molecule has 3 aromatic rings. The van der Waals surface area contributed by atoms with Crippen molar-refractivity contribution in [3.05, 3.63) is 92.4 Å². The zero-order chi connectivity index (χ0) is 31.1. The van der Waals surface area contributed by atoms with Gasteiger partial charge in [0, 0.05) is 32.7 Å². The van der Waals surface area contributed by atoms with Crippen molar-refractivity contribution < 1.29 is 18.0 Å². The number of carbonyl (C=O) groups excluding carboxylic acids is 2. The third kappa shape index (κ3) is 8.58. The number of rotatable bonds is 11. The Morgan fingerprint density at radius 1 is 0.884 bits per heavy atom. The van der Waals surface area contributed by atoms with E-state index < -0.39 is 28.5 Å². The predicted octanol–water partition coefficient (Wildman–Crippen LogP) is 7.75. The van der Waals surface area contributed by atoms with E-state index in [1.54, 1.807) is 36.4 Å². The smallest absolute Gasteiger partial charge is 0.264 e. The second kappa shape index (κ2) is 15.0. The molecule has 1 aliphatic rings. The van der Waals surface area contributed by atoms with E-state index in [-0.39, 0.29) is 39.1 Å². The molecule has 0 heterocycles. The molecule has 0 radical (unpaired) electrons. The number of nitrogens with one attached hydrogen (secondary N) is 1. The molecule has 3 aromatic carbocycles. The number of sulfonamides is 1. The van der Waals surface area contributed by atoms with E-state index in [0.29, 0.717) is 22.0 Å². The lowest BCUT2D eigenvalue weighted by atomic mass is 9.95. The zero-order valence-corrected chi connectivity index (χ0v) is 27.5. The molecule has 7 nitrogen and oxygen atoms in total. The molecule has 230 valence electrons. The third-order valence-corrected chi connectivity index (χ3v) is 10.3. The van der Waals surface area contributed by atoms with E-state index in [4.69, 9.17) is 46.4 Å². The first-order chi connectivity index (χ1) is 20.5. The van der Waals surface area contributed by atoms with Crippen LogP contribution >= 0.6 is 46.4 Å². The van der Waals surface area contributed by atoms with Gasteiger partial charge in [-0.25, -0.2) is 8.42 Å². The number of hydrogen-bond acceptors (Lipinski definition) is 4. The first-order valence-electron chi connectivity index (χ1n) is 14.1. The van der Waals surface area contributed by atoms with Crippen LogP contribution in [0.25, 0.3) is 0 Å². The molecule has 0 unspecified atom stereocenters. The van der Waals surface area contributed by atoms with Gasteiger partial charge in [0.05, 0.1) is 10.6 Å². The average molecular weight is 686 g/mol. The summed E-state index contributed by atoms with van der Waals surface area (Å²) >= 11 is 25.1. The summed E-state index contributed by atoms with van der Waals surface area (Å²) in [7, 11) is -4.25. The monoisotopic (exact) mass is 683 g/mol. The topological polar surface area (TPSA) is 86.8 Å². The van der Waals surface area contributed by atoms with Gasteiger partial charge in [-0.05, 0) is 67.3 Å². The summed E-state index contributed by atoms with van der Waals surface area (Å²) in [5.41, 5.74) is 0.672. The minimum atomic E-state index is -4.25. The Balaban J connectivity index is 1.74. The van der Waals surface area contributed by atoms with Gasteiger partial charge in [-0.15, -0.1) is 0 Å². The average Bonchev–Trinajstić information content (AvgIpc) is 2.97. The van der Waals surface area contributed by atoms with Crippen molar-refractivity contribution >= 4 is 73.9 Å². The van der Waals surface area contributed by atoms with E-state index in [2.05, 4.69) is 5.32 Å². The van der Waals surface area contributed by atoms with Crippen LogP contribution in [0.4, 0.5) is 5.69 Å². The van der Waals surface area contributed by atoms with Crippen molar-refractivity contribution in [1.29, 1.82) is 0 Å². The third-order valence-electron chi connectivity index (χ3n) is 7.44. The van der Waals surface area contributed by atoms with Gasteiger partial charge in [-0.3, -0.25) is 13.9 Å². The van der Waals surface area contributed by atoms with E-state index in [9.17, 15) is 18.0 Å². The van der Waals surface area contributed by atoms with Crippen LogP contribution in [0.3, 0.4) is 0 Å². The summed E-state index contributed by atoms with van der Waals surface area (Å²) < 4.78 is 28.9. The van der Waals surface area contributed by atoms with Crippen LogP contribution in [0.2, 0.25) is 20.1 Å². The fourth-order valence-electron chi connectivity index (χ4n) is 5.23. The van der Waals surface area contributed by atoms with Gasteiger partial charge >= 0.3 is 0 Å². The molecular weight excluding hydrogens is 652 g/mol. The highest BCUT2D eigenvalue weighted by atomic mass is 35.5. The lowest BCUT2D eigenvalue weighted by molar-refractivity contribution is -0.140. The fourth-order valence-corrected chi connectivity index (χ4v) is 7.63. The summed E-state index contributed by atoms with van der Waals surface area (Å²) in [6.07, 6.45) is 5.22. The maximum atomic E-state index is 14.3. The molecule has 43 heavy (non-hydrogen) atoms. The first-order valence-corrected chi connectivity index (χ1v) is 17.0. The molecule has 0 bridgehead atoms.